The highest BCUT2D eigenvalue weighted by Crippen LogP contribution is 2.46. The second-order valence-electron chi connectivity index (χ2n) is 26.0. The first-order chi connectivity index (χ1) is 47.9. The Morgan fingerprint density at radius 1 is 0.459 bits per heavy atom. The normalized spacial score (nSPS) is 21.2. The third-order valence-corrected chi connectivity index (χ3v) is 21.8. The van der Waals surface area contributed by atoms with Crippen LogP contribution in [0.3, 0.4) is 0 Å². The Balaban J connectivity index is 0.000000193. The van der Waals surface area contributed by atoms with Crippen LogP contribution in [0.1, 0.15) is 139 Å². The first-order valence-electron chi connectivity index (χ1n) is 35.4. The summed E-state index contributed by atoms with van der Waals surface area (Å²) in [6, 6.07) is 76.9. The number of ether oxygens (including phenoxy) is 5. The van der Waals surface area contributed by atoms with Gasteiger partial charge in [0.05, 0.1) is 50.8 Å². The molecule has 0 bridgehead atoms. The molecule has 8 aromatic carbocycles. The summed E-state index contributed by atoms with van der Waals surface area (Å²) in [6.45, 7) is 21.3. The van der Waals surface area contributed by atoms with E-state index in [4.69, 9.17) is 23.7 Å². The molecule has 0 unspecified atom stereocenters. The van der Waals surface area contributed by atoms with Crippen LogP contribution in [0.5, 0.6) is 0 Å². The number of halogens is 2. The summed E-state index contributed by atoms with van der Waals surface area (Å²) < 4.78 is 59.1. The van der Waals surface area contributed by atoms with Crippen molar-refractivity contribution in [1.29, 1.82) is 0 Å². The van der Waals surface area contributed by atoms with Crippen LogP contribution in [-0.2, 0) is 63.0 Å². The van der Waals surface area contributed by atoms with Crippen molar-refractivity contribution in [3.8, 4) is 20.9 Å². The third kappa shape index (κ3) is 19.7. The molecule has 10 atom stereocenters. The van der Waals surface area contributed by atoms with Crippen molar-refractivity contribution < 1.29 is 37.6 Å². The standard InChI is InChI=1S/C41H43FO3S.C41H41FO2S.C4H8O.C2H6/c1-4-36-28(3)40(44-25-29-11-7-5-8-12-29)41(45-26-30-13-9-6-10-14-30)38(39(36)43)32-16-15-27(2)33(23-32)24-35-21-22-37(46-35)31-17-19-34(42)20-18-31;1-4-32-25-38(34-16-15-28(2)35(23-34)24-37-21-22-39(45-37)33-17-19-36(42)20-18-33)41(44-27-31-13-9-6-10-14-31)40(29(32)3)43-26-30-11-7-5-8-12-30;1-2-4-5-3-1;1-2/h5-23,28,36,38-41,43H,4,24-26H2,1-3H3;5-23,25,29,32,40-41H,4,24,26-27H2,1-3H3;1-4H2;1-2H3/t28-,36-,38-,39+,40+,41+;29-,32+,40+,41+;;/m11../s1. The molecule has 10 aromatic rings. The molecule has 6 nitrogen and oxygen atoms in total. The molecule has 2 fully saturated rings. The van der Waals surface area contributed by atoms with E-state index >= 15 is 0 Å². The lowest BCUT2D eigenvalue weighted by atomic mass is 9.66. The summed E-state index contributed by atoms with van der Waals surface area (Å²) in [5.74, 6) is 0.198. The zero-order chi connectivity index (χ0) is 68.8. The Bertz CT molecular complexity index is 3990. The number of rotatable bonds is 22. The molecule has 1 saturated heterocycles. The number of allylic oxidation sites excluding steroid dienone is 1. The van der Waals surface area contributed by atoms with E-state index in [1.807, 2.05) is 86.6 Å². The van der Waals surface area contributed by atoms with Crippen molar-refractivity contribution in [2.24, 2.45) is 23.7 Å². The van der Waals surface area contributed by atoms with E-state index in [0.29, 0.717) is 38.3 Å². The van der Waals surface area contributed by atoms with Gasteiger partial charge < -0.3 is 28.8 Å². The first kappa shape index (κ1) is 73.2. The van der Waals surface area contributed by atoms with Crippen LogP contribution < -0.4 is 0 Å². The molecule has 2 aliphatic carbocycles. The highest BCUT2D eigenvalue weighted by molar-refractivity contribution is 7.15. The van der Waals surface area contributed by atoms with Gasteiger partial charge in [0.15, 0.2) is 0 Å². The second-order valence-corrected chi connectivity index (χ2v) is 28.4. The SMILES string of the molecule is C1CCOC1.CC.CC[C@@H]1[C@@H](C)[C@H](OCc2ccccc2)[C@@H](OCc2ccccc2)[C@H](c2ccc(C)c(Cc3ccc(-c4ccc(F)cc4)s3)c2)[C@H]1O.CC[C@H]1C=C(c2ccc(C)c(Cc3ccc(-c4ccc(F)cc4)s3)c2)[C@H](OCc2ccccc2)[C@@H](OCc2ccccc2)[C@@H]1C. The molecule has 512 valence electrons. The highest BCUT2D eigenvalue weighted by atomic mass is 32.1. The topological polar surface area (TPSA) is 66.4 Å². The maximum absolute atomic E-state index is 13.5. The monoisotopic (exact) mass is 1350 g/mol. The van der Waals surface area contributed by atoms with Crippen molar-refractivity contribution >= 4 is 28.2 Å². The fraction of sp³-hybridized carbons (Fsp3) is 0.341. The summed E-state index contributed by atoms with van der Waals surface area (Å²) in [4.78, 5) is 4.80. The first-order valence-corrected chi connectivity index (χ1v) is 37.0. The van der Waals surface area contributed by atoms with Gasteiger partial charge >= 0.3 is 0 Å². The van der Waals surface area contributed by atoms with Gasteiger partial charge in [-0.25, -0.2) is 8.78 Å². The zero-order valence-corrected chi connectivity index (χ0v) is 60.0. The second kappa shape index (κ2) is 37.1. The van der Waals surface area contributed by atoms with Crippen LogP contribution in [0.2, 0.25) is 0 Å². The predicted octanol–water partition coefficient (Wildman–Crippen LogP) is 22.3. The number of thiophene rings is 2. The summed E-state index contributed by atoms with van der Waals surface area (Å²) in [7, 11) is 0. The van der Waals surface area contributed by atoms with Gasteiger partial charge in [0.2, 0.25) is 0 Å². The van der Waals surface area contributed by atoms with E-state index in [9.17, 15) is 13.9 Å². The summed E-state index contributed by atoms with van der Waals surface area (Å²) in [6.07, 6.45) is 7.15. The Hall–Kier alpha value is -7.48. The smallest absolute Gasteiger partial charge is 0.123 e. The maximum atomic E-state index is 13.5. The molecule has 3 aliphatic rings. The minimum absolute atomic E-state index is 0.0719. The van der Waals surface area contributed by atoms with Gasteiger partial charge in [-0.05, 0) is 178 Å². The van der Waals surface area contributed by atoms with Gasteiger partial charge in [-0.3, -0.25) is 0 Å². The van der Waals surface area contributed by atoms with Gasteiger partial charge in [0.25, 0.3) is 0 Å². The number of hydrogen-bond acceptors (Lipinski definition) is 8. The number of aryl methyl sites for hydroxylation is 2. The zero-order valence-electron chi connectivity index (χ0n) is 58.3. The third-order valence-electron chi connectivity index (χ3n) is 19.5. The lowest BCUT2D eigenvalue weighted by Crippen LogP contribution is -2.55. The Morgan fingerprint density at radius 2 is 0.888 bits per heavy atom. The van der Waals surface area contributed by atoms with Gasteiger partial charge in [0, 0.05) is 51.5 Å². The number of hydrogen-bond donors (Lipinski definition) is 1. The Labute approximate surface area is 590 Å². The van der Waals surface area contributed by atoms with Crippen molar-refractivity contribution in [3.63, 3.8) is 0 Å². The molecule has 1 aliphatic heterocycles. The molecule has 3 heterocycles. The van der Waals surface area contributed by atoms with Gasteiger partial charge in [-0.2, -0.15) is 0 Å². The van der Waals surface area contributed by atoms with Crippen molar-refractivity contribution in [3.05, 3.63) is 314 Å². The van der Waals surface area contributed by atoms with Crippen LogP contribution in [0.25, 0.3) is 26.5 Å². The van der Waals surface area contributed by atoms with E-state index in [0.717, 1.165) is 82.0 Å². The number of aliphatic hydroxyl groups is 1. The molecule has 98 heavy (non-hydrogen) atoms. The Morgan fingerprint density at radius 3 is 1.34 bits per heavy atom. The van der Waals surface area contributed by atoms with Gasteiger partial charge in [0.1, 0.15) is 17.7 Å². The van der Waals surface area contributed by atoms with Crippen LogP contribution in [0.4, 0.5) is 8.78 Å². The molecule has 0 amide bonds. The number of aliphatic hydroxyl groups excluding tert-OH is 1. The number of benzene rings is 8. The average molecular weight is 1350 g/mol. The summed E-state index contributed by atoms with van der Waals surface area (Å²) in [5.41, 5.74) is 15.1. The Kier molecular flexibility index (Phi) is 27.7. The minimum Gasteiger partial charge on any atom is -0.392 e. The molecule has 10 heteroatoms. The summed E-state index contributed by atoms with van der Waals surface area (Å²) >= 11 is 3.51. The van der Waals surface area contributed by atoms with Gasteiger partial charge in [-0.1, -0.05) is 236 Å². The minimum atomic E-state index is -0.570. The fourth-order valence-electron chi connectivity index (χ4n) is 13.9. The van der Waals surface area contributed by atoms with E-state index in [-0.39, 0.29) is 53.8 Å². The van der Waals surface area contributed by atoms with Crippen LogP contribution >= 0.6 is 22.7 Å². The quantitative estimate of drug-likeness (QED) is 0.0729. The molecule has 1 N–H and O–H groups in total. The highest BCUT2D eigenvalue weighted by Gasteiger charge is 2.50. The van der Waals surface area contributed by atoms with E-state index in [1.54, 1.807) is 22.7 Å². The molecule has 13 rings (SSSR count). The van der Waals surface area contributed by atoms with Crippen molar-refractivity contribution in [1.82, 2.24) is 0 Å². The average Bonchev–Trinajstić information content (AvgIpc) is 0.928. The van der Waals surface area contributed by atoms with Crippen LogP contribution in [0.15, 0.2) is 237 Å². The van der Waals surface area contributed by atoms with Crippen LogP contribution in [0, 0.1) is 49.2 Å². The molecule has 0 spiro atoms. The van der Waals surface area contributed by atoms with E-state index < -0.39 is 6.10 Å². The largest absolute Gasteiger partial charge is 0.392 e. The van der Waals surface area contributed by atoms with Crippen molar-refractivity contribution in [2.45, 2.75) is 157 Å². The van der Waals surface area contributed by atoms with E-state index in [2.05, 4.69) is 181 Å². The lowest BCUT2D eigenvalue weighted by Gasteiger charge is -2.49. The van der Waals surface area contributed by atoms with Gasteiger partial charge in [-0.15, -0.1) is 22.7 Å². The molecular weight excluding hydrogens is 1260 g/mol. The fourth-order valence-corrected chi connectivity index (χ4v) is 15.9. The van der Waals surface area contributed by atoms with E-state index in [1.165, 1.54) is 85.8 Å². The molecular formula is C88H98F2O6S2. The van der Waals surface area contributed by atoms with Crippen molar-refractivity contribution in [2.75, 3.05) is 13.2 Å². The summed E-state index contributed by atoms with van der Waals surface area (Å²) in [5, 5.41) is 12.1. The maximum Gasteiger partial charge on any atom is 0.123 e. The van der Waals surface area contributed by atoms with Crippen LogP contribution in [-0.4, -0.2) is 48.8 Å². The molecule has 1 saturated carbocycles. The molecule has 0 radical (unpaired) electrons. The predicted molar refractivity (Wildman–Crippen MR) is 401 cm³/mol. The molecule has 2 aromatic heterocycles. The lowest BCUT2D eigenvalue weighted by molar-refractivity contribution is -0.178.